The third kappa shape index (κ3) is 1.87. The lowest BCUT2D eigenvalue weighted by Crippen LogP contribution is -1.85. The van der Waals surface area contributed by atoms with Crippen molar-refractivity contribution < 1.29 is 4.42 Å². The quantitative estimate of drug-likeness (QED) is 0.671. The zero-order valence-corrected chi connectivity index (χ0v) is 11.5. The minimum atomic E-state index is 0.520. The van der Waals surface area contributed by atoms with Crippen molar-refractivity contribution in [1.29, 1.82) is 0 Å². The molecule has 90 valence electrons. The molecule has 0 spiro atoms. The van der Waals surface area contributed by atoms with Gasteiger partial charge in [-0.3, -0.25) is 0 Å². The van der Waals surface area contributed by atoms with E-state index < -0.39 is 0 Å². The summed E-state index contributed by atoms with van der Waals surface area (Å²) in [6, 6.07) is 10.9. The van der Waals surface area contributed by atoms with Crippen molar-refractivity contribution in [1.82, 2.24) is 4.98 Å². The van der Waals surface area contributed by atoms with Crippen LogP contribution in [0.2, 0.25) is 5.02 Å². The van der Waals surface area contributed by atoms with Gasteiger partial charge >= 0.3 is 0 Å². The van der Waals surface area contributed by atoms with Gasteiger partial charge in [0.15, 0.2) is 5.58 Å². The van der Waals surface area contributed by atoms with Crippen LogP contribution in [0.5, 0.6) is 0 Å². The van der Waals surface area contributed by atoms with Crippen molar-refractivity contribution in [3.63, 3.8) is 0 Å². The first-order chi connectivity index (χ1) is 8.65. The van der Waals surface area contributed by atoms with E-state index in [0.29, 0.717) is 27.7 Å². The van der Waals surface area contributed by atoms with Crippen LogP contribution in [-0.2, 0) is 0 Å². The van der Waals surface area contributed by atoms with E-state index in [9.17, 15) is 0 Å². The van der Waals surface area contributed by atoms with E-state index in [1.165, 1.54) is 0 Å². The van der Waals surface area contributed by atoms with E-state index in [0.717, 1.165) is 10.0 Å². The SMILES string of the molecule is Nc1cccc2oc(-c3ccc(Cl)cc3Br)nc12. The van der Waals surface area contributed by atoms with Gasteiger partial charge in [0.05, 0.1) is 11.3 Å². The number of hydrogen-bond acceptors (Lipinski definition) is 3. The second-order valence-electron chi connectivity index (χ2n) is 3.84. The van der Waals surface area contributed by atoms with Crippen LogP contribution in [0.25, 0.3) is 22.6 Å². The van der Waals surface area contributed by atoms with E-state index in [1.54, 1.807) is 18.2 Å². The molecule has 3 rings (SSSR count). The number of para-hydroxylation sites is 1. The molecule has 2 N–H and O–H groups in total. The van der Waals surface area contributed by atoms with Crippen LogP contribution in [0.4, 0.5) is 5.69 Å². The minimum Gasteiger partial charge on any atom is -0.436 e. The number of aromatic nitrogens is 1. The van der Waals surface area contributed by atoms with E-state index in [1.807, 2.05) is 18.2 Å². The zero-order chi connectivity index (χ0) is 12.7. The molecule has 1 aromatic heterocycles. The Morgan fingerprint density at radius 3 is 2.78 bits per heavy atom. The molecule has 3 aromatic rings. The maximum atomic E-state index is 5.91. The predicted molar refractivity (Wildman–Crippen MR) is 76.6 cm³/mol. The largest absolute Gasteiger partial charge is 0.436 e. The van der Waals surface area contributed by atoms with Crippen LogP contribution in [0.1, 0.15) is 0 Å². The number of rotatable bonds is 1. The summed E-state index contributed by atoms with van der Waals surface area (Å²) in [4.78, 5) is 4.41. The van der Waals surface area contributed by atoms with Crippen LogP contribution in [-0.4, -0.2) is 4.98 Å². The average Bonchev–Trinajstić information content (AvgIpc) is 2.74. The molecule has 0 amide bonds. The number of halogens is 2. The molecule has 0 aliphatic carbocycles. The third-order valence-electron chi connectivity index (χ3n) is 2.61. The highest BCUT2D eigenvalue weighted by Gasteiger charge is 2.12. The highest BCUT2D eigenvalue weighted by molar-refractivity contribution is 9.10. The van der Waals surface area contributed by atoms with Crippen molar-refractivity contribution in [3.05, 3.63) is 45.9 Å². The molecule has 18 heavy (non-hydrogen) atoms. The van der Waals surface area contributed by atoms with E-state index >= 15 is 0 Å². The molecule has 5 heteroatoms. The van der Waals surface area contributed by atoms with Gasteiger partial charge in [0.2, 0.25) is 5.89 Å². The van der Waals surface area contributed by atoms with Gasteiger partial charge in [0.1, 0.15) is 5.52 Å². The van der Waals surface area contributed by atoms with Gasteiger partial charge in [-0.2, -0.15) is 0 Å². The van der Waals surface area contributed by atoms with Crippen molar-refractivity contribution >= 4 is 44.3 Å². The fourth-order valence-electron chi connectivity index (χ4n) is 1.75. The Labute approximate surface area is 117 Å². The van der Waals surface area contributed by atoms with E-state index in [-0.39, 0.29) is 0 Å². The molecular formula is C13H8BrClN2O. The smallest absolute Gasteiger partial charge is 0.228 e. The Bertz CT molecular complexity index is 739. The van der Waals surface area contributed by atoms with Crippen molar-refractivity contribution in [2.75, 3.05) is 5.73 Å². The highest BCUT2D eigenvalue weighted by atomic mass is 79.9. The molecule has 0 bridgehead atoms. The van der Waals surface area contributed by atoms with Crippen LogP contribution < -0.4 is 5.73 Å². The Balaban J connectivity index is 2.23. The van der Waals surface area contributed by atoms with Crippen molar-refractivity contribution in [2.45, 2.75) is 0 Å². The van der Waals surface area contributed by atoms with Crippen LogP contribution in [0.15, 0.2) is 45.3 Å². The van der Waals surface area contributed by atoms with Gasteiger partial charge in [0, 0.05) is 9.50 Å². The first-order valence-corrected chi connectivity index (χ1v) is 6.43. The Morgan fingerprint density at radius 2 is 2.06 bits per heavy atom. The highest BCUT2D eigenvalue weighted by Crippen LogP contribution is 2.33. The van der Waals surface area contributed by atoms with Crippen LogP contribution in [0, 0.1) is 0 Å². The van der Waals surface area contributed by atoms with Crippen molar-refractivity contribution in [2.24, 2.45) is 0 Å². The van der Waals surface area contributed by atoms with Gasteiger partial charge in [-0.15, -0.1) is 0 Å². The molecule has 0 aliphatic heterocycles. The molecule has 0 radical (unpaired) electrons. The standard InChI is InChI=1S/C13H8BrClN2O/c14-9-6-7(15)4-5-8(9)13-17-12-10(16)2-1-3-11(12)18-13/h1-6H,16H2. The first kappa shape index (κ1) is 11.6. The van der Waals surface area contributed by atoms with Gasteiger partial charge in [-0.25, -0.2) is 4.98 Å². The van der Waals surface area contributed by atoms with Gasteiger partial charge < -0.3 is 10.2 Å². The number of hydrogen-bond donors (Lipinski definition) is 1. The second-order valence-corrected chi connectivity index (χ2v) is 5.13. The number of nitrogen functional groups attached to an aromatic ring is 1. The monoisotopic (exact) mass is 322 g/mol. The molecule has 0 fully saturated rings. The summed E-state index contributed by atoms with van der Waals surface area (Å²) >= 11 is 9.35. The summed E-state index contributed by atoms with van der Waals surface area (Å²) in [5, 5.41) is 0.654. The Hall–Kier alpha value is -1.52. The Morgan fingerprint density at radius 1 is 1.22 bits per heavy atom. The van der Waals surface area contributed by atoms with Gasteiger partial charge in [0.25, 0.3) is 0 Å². The topological polar surface area (TPSA) is 52.0 Å². The van der Waals surface area contributed by atoms with Crippen LogP contribution in [0.3, 0.4) is 0 Å². The fourth-order valence-corrected chi connectivity index (χ4v) is 2.60. The maximum absolute atomic E-state index is 5.91. The lowest BCUT2D eigenvalue weighted by Gasteiger charge is -1.99. The molecule has 3 nitrogen and oxygen atoms in total. The second kappa shape index (κ2) is 4.30. The van der Waals surface area contributed by atoms with E-state index in [4.69, 9.17) is 21.8 Å². The number of benzene rings is 2. The molecule has 0 unspecified atom stereocenters. The normalized spacial score (nSPS) is 11.0. The molecule has 2 aromatic carbocycles. The summed E-state index contributed by atoms with van der Waals surface area (Å²) in [6.45, 7) is 0. The summed E-state index contributed by atoms with van der Waals surface area (Å²) in [7, 11) is 0. The lowest BCUT2D eigenvalue weighted by molar-refractivity contribution is 0.619. The summed E-state index contributed by atoms with van der Waals surface area (Å²) < 4.78 is 6.52. The third-order valence-corrected chi connectivity index (χ3v) is 3.50. The molecular weight excluding hydrogens is 316 g/mol. The minimum absolute atomic E-state index is 0.520. The summed E-state index contributed by atoms with van der Waals surface area (Å²) in [5.74, 6) is 0.520. The number of nitrogens with two attached hydrogens (primary N) is 1. The number of oxazole rings is 1. The zero-order valence-electron chi connectivity index (χ0n) is 9.15. The number of anilines is 1. The van der Waals surface area contributed by atoms with Crippen molar-refractivity contribution in [3.8, 4) is 11.5 Å². The average molecular weight is 324 g/mol. The Kier molecular flexibility index (Phi) is 2.76. The molecule has 0 atom stereocenters. The molecule has 0 saturated carbocycles. The maximum Gasteiger partial charge on any atom is 0.228 e. The number of nitrogens with zero attached hydrogens (tertiary/aromatic N) is 1. The predicted octanol–water partition coefficient (Wildman–Crippen LogP) is 4.49. The summed E-state index contributed by atoms with van der Waals surface area (Å²) in [6.07, 6.45) is 0. The molecule has 0 saturated heterocycles. The number of fused-ring (bicyclic) bond motifs is 1. The summed E-state index contributed by atoms with van der Waals surface area (Å²) in [5.41, 5.74) is 8.65. The molecule has 1 heterocycles. The lowest BCUT2D eigenvalue weighted by atomic mass is 10.2. The van der Waals surface area contributed by atoms with Crippen LogP contribution >= 0.6 is 27.5 Å². The van der Waals surface area contributed by atoms with Gasteiger partial charge in [-0.05, 0) is 46.3 Å². The fraction of sp³-hybridized carbons (Fsp3) is 0. The van der Waals surface area contributed by atoms with E-state index in [2.05, 4.69) is 20.9 Å². The first-order valence-electron chi connectivity index (χ1n) is 5.25. The molecule has 0 aliphatic rings. The van der Waals surface area contributed by atoms with Gasteiger partial charge in [-0.1, -0.05) is 17.7 Å².